The first kappa shape index (κ1) is 15.6. The van der Waals surface area contributed by atoms with Crippen molar-refractivity contribution in [3.05, 3.63) is 24.4 Å². The Kier molecular flexibility index (Phi) is 4.09. The molecule has 1 aromatic carbocycles. The molecule has 0 atom stereocenters. The summed E-state index contributed by atoms with van der Waals surface area (Å²) in [5, 5.41) is 2.66. The van der Waals surface area contributed by atoms with E-state index in [4.69, 9.17) is 9.47 Å². The Morgan fingerprint density at radius 2 is 2.00 bits per heavy atom. The lowest BCUT2D eigenvalue weighted by atomic mass is 10.3. The highest BCUT2D eigenvalue weighted by Crippen LogP contribution is 2.33. The lowest BCUT2D eigenvalue weighted by molar-refractivity contribution is -0.114. The summed E-state index contributed by atoms with van der Waals surface area (Å²) in [4.78, 5) is 14.8. The topological polar surface area (TPSA) is 107 Å². The van der Waals surface area contributed by atoms with E-state index >= 15 is 0 Å². The number of aromatic nitrogens is 1. The number of anilines is 2. The van der Waals surface area contributed by atoms with Gasteiger partial charge < -0.3 is 14.8 Å². The second kappa shape index (κ2) is 6.05. The van der Waals surface area contributed by atoms with Crippen molar-refractivity contribution < 1.29 is 22.7 Å². The molecule has 0 spiro atoms. The van der Waals surface area contributed by atoms with Gasteiger partial charge in [-0.1, -0.05) is 11.3 Å². The molecule has 1 aliphatic rings. The van der Waals surface area contributed by atoms with Crippen molar-refractivity contribution in [2.45, 2.75) is 11.1 Å². The molecule has 2 heterocycles. The van der Waals surface area contributed by atoms with Gasteiger partial charge in [0.25, 0.3) is 10.0 Å². The number of rotatable bonds is 4. The number of carbonyl (C=O) groups is 1. The molecule has 0 radical (unpaired) electrons. The smallest absolute Gasteiger partial charge is 0.273 e. The van der Waals surface area contributed by atoms with E-state index in [1.807, 2.05) is 0 Å². The van der Waals surface area contributed by atoms with Crippen LogP contribution in [0.4, 0.5) is 10.8 Å². The van der Waals surface area contributed by atoms with Crippen molar-refractivity contribution in [2.75, 3.05) is 23.3 Å². The summed E-state index contributed by atoms with van der Waals surface area (Å²) in [6, 6.07) is 4.78. The zero-order chi connectivity index (χ0) is 16.4. The fourth-order valence-corrected chi connectivity index (χ4v) is 4.03. The highest BCUT2D eigenvalue weighted by Gasteiger charge is 2.20. The van der Waals surface area contributed by atoms with Crippen molar-refractivity contribution in [2.24, 2.45) is 0 Å². The molecule has 1 aromatic heterocycles. The van der Waals surface area contributed by atoms with Gasteiger partial charge in [-0.15, -0.1) is 0 Å². The number of ether oxygens (including phenoxy) is 2. The summed E-state index contributed by atoms with van der Waals surface area (Å²) >= 11 is 0.867. The molecule has 2 N–H and O–H groups in total. The number of fused-ring (bicyclic) bond motifs is 1. The summed E-state index contributed by atoms with van der Waals surface area (Å²) < 4.78 is 37.9. The van der Waals surface area contributed by atoms with Gasteiger partial charge >= 0.3 is 0 Å². The number of hydrogen-bond acceptors (Lipinski definition) is 7. The van der Waals surface area contributed by atoms with E-state index in [2.05, 4.69) is 15.0 Å². The monoisotopic (exact) mass is 355 g/mol. The van der Waals surface area contributed by atoms with Crippen LogP contribution in [-0.2, 0) is 14.8 Å². The van der Waals surface area contributed by atoms with Gasteiger partial charge in [0.1, 0.15) is 13.2 Å². The number of benzene rings is 1. The Morgan fingerprint density at radius 3 is 2.74 bits per heavy atom. The van der Waals surface area contributed by atoms with Crippen LogP contribution in [0.15, 0.2) is 28.6 Å². The molecule has 0 saturated heterocycles. The quantitative estimate of drug-likeness (QED) is 0.864. The van der Waals surface area contributed by atoms with Crippen LogP contribution in [0.2, 0.25) is 0 Å². The second-order valence-electron chi connectivity index (χ2n) is 4.63. The van der Waals surface area contributed by atoms with Gasteiger partial charge in [0, 0.05) is 13.0 Å². The maximum atomic E-state index is 12.3. The van der Waals surface area contributed by atoms with Gasteiger partial charge in [-0.2, -0.15) is 0 Å². The summed E-state index contributed by atoms with van der Waals surface area (Å²) in [6.45, 7) is 2.20. The average Bonchev–Trinajstić information content (AvgIpc) is 2.95. The SMILES string of the molecule is CC(=O)Nc1ncc(S(=O)(=O)Nc2ccc3c(c2)OCCO3)s1. The van der Waals surface area contributed by atoms with E-state index in [1.54, 1.807) is 18.2 Å². The third kappa shape index (κ3) is 3.54. The lowest BCUT2D eigenvalue weighted by Crippen LogP contribution is -2.16. The predicted octanol–water partition coefficient (Wildman–Crippen LogP) is 1.67. The number of thiazole rings is 1. The van der Waals surface area contributed by atoms with Gasteiger partial charge in [0.2, 0.25) is 5.91 Å². The third-order valence-corrected chi connectivity index (χ3v) is 5.58. The fraction of sp³-hybridized carbons (Fsp3) is 0.231. The molecule has 3 rings (SSSR count). The minimum absolute atomic E-state index is 0.00357. The molecule has 0 fully saturated rings. The van der Waals surface area contributed by atoms with E-state index in [-0.39, 0.29) is 15.2 Å². The molecular formula is C13H13N3O5S2. The maximum Gasteiger partial charge on any atom is 0.273 e. The highest BCUT2D eigenvalue weighted by atomic mass is 32.2. The van der Waals surface area contributed by atoms with Crippen LogP contribution < -0.4 is 19.5 Å². The number of hydrogen-bond donors (Lipinski definition) is 2. The van der Waals surface area contributed by atoms with Gasteiger partial charge in [-0.05, 0) is 12.1 Å². The number of nitrogens with zero attached hydrogens (tertiary/aromatic N) is 1. The minimum atomic E-state index is -3.80. The fourth-order valence-electron chi connectivity index (χ4n) is 1.90. The predicted molar refractivity (Wildman–Crippen MR) is 84.7 cm³/mol. The zero-order valence-electron chi connectivity index (χ0n) is 12.0. The summed E-state index contributed by atoms with van der Waals surface area (Å²) in [5.41, 5.74) is 0.351. The standard InChI is InChI=1S/C13H13N3O5S2/c1-8(17)15-13-14-7-12(22-13)23(18,19)16-9-2-3-10-11(6-9)21-5-4-20-10/h2-3,6-7,16H,4-5H2,1H3,(H,14,15,17). The third-order valence-electron chi connectivity index (χ3n) is 2.83. The number of carbonyl (C=O) groups excluding carboxylic acids is 1. The van der Waals surface area contributed by atoms with Crippen molar-refractivity contribution in [1.29, 1.82) is 0 Å². The van der Waals surface area contributed by atoms with E-state index < -0.39 is 10.0 Å². The minimum Gasteiger partial charge on any atom is -0.486 e. The number of sulfonamides is 1. The van der Waals surface area contributed by atoms with Gasteiger partial charge in [0.05, 0.1) is 11.9 Å². The van der Waals surface area contributed by atoms with E-state index in [0.717, 1.165) is 11.3 Å². The van der Waals surface area contributed by atoms with Gasteiger partial charge in [-0.25, -0.2) is 13.4 Å². The maximum absolute atomic E-state index is 12.3. The highest BCUT2D eigenvalue weighted by molar-refractivity contribution is 7.94. The van der Waals surface area contributed by atoms with Gasteiger partial charge in [-0.3, -0.25) is 9.52 Å². The number of amides is 1. The second-order valence-corrected chi connectivity index (χ2v) is 7.57. The van der Waals surface area contributed by atoms with Crippen molar-refractivity contribution in [3.8, 4) is 11.5 Å². The first-order valence-corrected chi connectivity index (χ1v) is 8.90. The van der Waals surface area contributed by atoms with Crippen molar-refractivity contribution >= 4 is 38.1 Å². The van der Waals surface area contributed by atoms with Crippen LogP contribution in [0.3, 0.4) is 0 Å². The summed E-state index contributed by atoms with van der Waals surface area (Å²) in [5.74, 6) is 0.743. The van der Waals surface area contributed by atoms with Crippen LogP contribution in [0.25, 0.3) is 0 Å². The molecule has 10 heteroatoms. The molecule has 122 valence electrons. The van der Waals surface area contributed by atoms with Crippen LogP contribution in [0.1, 0.15) is 6.92 Å². The summed E-state index contributed by atoms with van der Waals surface area (Å²) in [7, 11) is -3.80. The zero-order valence-corrected chi connectivity index (χ0v) is 13.7. The van der Waals surface area contributed by atoms with E-state index in [9.17, 15) is 13.2 Å². The Labute approximate surface area is 136 Å². The van der Waals surface area contributed by atoms with E-state index in [0.29, 0.717) is 30.4 Å². The molecule has 0 saturated carbocycles. The average molecular weight is 355 g/mol. The van der Waals surface area contributed by atoms with Crippen molar-refractivity contribution in [1.82, 2.24) is 4.98 Å². The molecule has 0 bridgehead atoms. The van der Waals surface area contributed by atoms with Crippen LogP contribution in [0.5, 0.6) is 11.5 Å². The van der Waals surface area contributed by atoms with E-state index in [1.165, 1.54) is 13.1 Å². The van der Waals surface area contributed by atoms with Crippen LogP contribution in [-0.4, -0.2) is 32.5 Å². The molecule has 1 aliphatic heterocycles. The molecular weight excluding hydrogens is 342 g/mol. The lowest BCUT2D eigenvalue weighted by Gasteiger charge is -2.19. The molecule has 0 aliphatic carbocycles. The molecule has 2 aromatic rings. The molecule has 23 heavy (non-hydrogen) atoms. The number of nitrogens with one attached hydrogen (secondary N) is 2. The van der Waals surface area contributed by atoms with Crippen LogP contribution in [0, 0.1) is 0 Å². The Hall–Kier alpha value is -2.33. The normalized spacial score (nSPS) is 13.4. The summed E-state index contributed by atoms with van der Waals surface area (Å²) in [6.07, 6.45) is 1.19. The molecule has 0 unspecified atom stereocenters. The first-order chi connectivity index (χ1) is 10.9. The Bertz CT molecular complexity index is 847. The largest absolute Gasteiger partial charge is 0.486 e. The Morgan fingerprint density at radius 1 is 1.26 bits per heavy atom. The first-order valence-electron chi connectivity index (χ1n) is 6.60. The molecule has 8 nitrogen and oxygen atoms in total. The van der Waals surface area contributed by atoms with Gasteiger partial charge in [0.15, 0.2) is 20.8 Å². The molecule has 1 amide bonds. The Balaban J connectivity index is 1.80. The van der Waals surface area contributed by atoms with Crippen LogP contribution >= 0.6 is 11.3 Å². The van der Waals surface area contributed by atoms with Crippen molar-refractivity contribution in [3.63, 3.8) is 0 Å².